The number of benzene rings is 1. The lowest BCUT2D eigenvalue weighted by molar-refractivity contribution is -0.115. The summed E-state index contributed by atoms with van der Waals surface area (Å²) in [6.45, 7) is 0. The molecule has 1 aromatic carbocycles. The summed E-state index contributed by atoms with van der Waals surface area (Å²) in [5.74, 6) is -1.14. The van der Waals surface area contributed by atoms with Crippen molar-refractivity contribution >= 4 is 57.4 Å². The maximum absolute atomic E-state index is 13.9. The molecule has 5 nitrogen and oxygen atoms in total. The molecular formula is C14H9ClFN3O2S2. The summed E-state index contributed by atoms with van der Waals surface area (Å²) in [4.78, 5) is 25.5. The molecule has 118 valence electrons. The van der Waals surface area contributed by atoms with Crippen molar-refractivity contribution in [3.63, 3.8) is 0 Å². The molecule has 0 aliphatic carbocycles. The second-order valence-corrected chi connectivity index (χ2v) is 7.07. The van der Waals surface area contributed by atoms with Gasteiger partial charge in [0.2, 0.25) is 5.91 Å². The molecule has 0 unspecified atom stereocenters. The summed E-state index contributed by atoms with van der Waals surface area (Å²) in [7, 11) is 0. The van der Waals surface area contributed by atoms with Gasteiger partial charge in [-0.05, 0) is 24.3 Å². The monoisotopic (exact) mass is 369 g/mol. The average Bonchev–Trinajstić information content (AvgIpc) is 3.12. The number of carbonyl (C=O) groups excluding carboxylic acids is 2. The number of amidine groups is 1. The number of rotatable bonds is 3. The van der Waals surface area contributed by atoms with E-state index in [2.05, 4.69) is 10.5 Å². The van der Waals surface area contributed by atoms with Crippen LogP contribution in [0.4, 0.5) is 10.1 Å². The number of halogens is 2. The van der Waals surface area contributed by atoms with Crippen molar-refractivity contribution in [2.45, 2.75) is 0 Å². The van der Waals surface area contributed by atoms with Crippen LogP contribution in [0.15, 0.2) is 41.5 Å². The van der Waals surface area contributed by atoms with Gasteiger partial charge in [-0.3, -0.25) is 14.5 Å². The third-order valence-electron chi connectivity index (χ3n) is 2.91. The zero-order valence-corrected chi connectivity index (χ0v) is 13.8. The number of nitrogens with one attached hydrogen (secondary N) is 1. The minimum atomic E-state index is -0.535. The molecule has 2 aromatic rings. The maximum atomic E-state index is 13.9. The van der Waals surface area contributed by atoms with Gasteiger partial charge in [0, 0.05) is 0 Å². The SMILES string of the molecule is O=C(N/N=C1\SCC(=O)N1c1ccccc1F)c1ccc(Cl)s1. The molecule has 1 aliphatic heterocycles. The summed E-state index contributed by atoms with van der Waals surface area (Å²) >= 11 is 8.02. The molecule has 1 fully saturated rings. The number of anilines is 1. The van der Waals surface area contributed by atoms with Crippen molar-refractivity contribution < 1.29 is 14.0 Å². The number of thiophene rings is 1. The Hall–Kier alpha value is -1.90. The standard InChI is InChI=1S/C14H9ClFN3O2S2/c15-11-6-5-10(23-11)13(21)17-18-14-19(12(20)7-22-14)9-4-2-1-3-8(9)16/h1-6H,7H2,(H,17,21)/b18-14-. The van der Waals surface area contributed by atoms with Gasteiger partial charge < -0.3 is 0 Å². The zero-order chi connectivity index (χ0) is 16.4. The third-order valence-corrected chi connectivity index (χ3v) is 5.06. The number of nitrogens with zero attached hydrogens (tertiary/aromatic N) is 2. The maximum Gasteiger partial charge on any atom is 0.281 e. The molecule has 2 heterocycles. The first kappa shape index (κ1) is 16.0. The summed E-state index contributed by atoms with van der Waals surface area (Å²) in [6, 6.07) is 9.08. The van der Waals surface area contributed by atoms with E-state index in [-0.39, 0.29) is 22.5 Å². The molecular weight excluding hydrogens is 361 g/mol. The highest BCUT2D eigenvalue weighted by molar-refractivity contribution is 8.15. The van der Waals surface area contributed by atoms with Crippen LogP contribution >= 0.6 is 34.7 Å². The Kier molecular flexibility index (Phi) is 4.65. The van der Waals surface area contributed by atoms with E-state index in [1.54, 1.807) is 18.2 Å². The number of amides is 2. The Bertz CT molecular complexity index is 809. The number of hydrazone groups is 1. The third kappa shape index (κ3) is 3.39. The zero-order valence-electron chi connectivity index (χ0n) is 11.5. The first-order valence-corrected chi connectivity index (χ1v) is 8.58. The van der Waals surface area contributed by atoms with Crippen LogP contribution in [0.25, 0.3) is 0 Å². The molecule has 3 rings (SSSR count). The van der Waals surface area contributed by atoms with E-state index in [0.29, 0.717) is 9.21 Å². The summed E-state index contributed by atoms with van der Waals surface area (Å²) < 4.78 is 14.4. The summed E-state index contributed by atoms with van der Waals surface area (Å²) in [5.41, 5.74) is 2.46. The molecule has 0 saturated carbocycles. The molecule has 23 heavy (non-hydrogen) atoms. The molecule has 0 atom stereocenters. The fourth-order valence-electron chi connectivity index (χ4n) is 1.90. The molecule has 2 amide bonds. The number of hydrogen-bond acceptors (Lipinski definition) is 5. The summed E-state index contributed by atoms with van der Waals surface area (Å²) in [5, 5.41) is 4.16. The predicted octanol–water partition coefficient (Wildman–Crippen LogP) is 3.32. The van der Waals surface area contributed by atoms with E-state index in [0.717, 1.165) is 28.0 Å². The number of carbonyl (C=O) groups is 2. The highest BCUT2D eigenvalue weighted by Crippen LogP contribution is 2.28. The Morgan fingerprint density at radius 1 is 1.30 bits per heavy atom. The van der Waals surface area contributed by atoms with Gasteiger partial charge in [-0.2, -0.15) is 0 Å². The van der Waals surface area contributed by atoms with Crippen LogP contribution in [0.1, 0.15) is 9.67 Å². The molecule has 1 N–H and O–H groups in total. The smallest absolute Gasteiger partial charge is 0.273 e. The minimum Gasteiger partial charge on any atom is -0.273 e. The van der Waals surface area contributed by atoms with Gasteiger partial charge in [-0.25, -0.2) is 9.82 Å². The van der Waals surface area contributed by atoms with Gasteiger partial charge >= 0.3 is 0 Å². The van der Waals surface area contributed by atoms with E-state index in [1.807, 2.05) is 0 Å². The van der Waals surface area contributed by atoms with Crippen molar-refractivity contribution in [3.8, 4) is 0 Å². The molecule has 0 bridgehead atoms. The molecule has 1 saturated heterocycles. The Morgan fingerprint density at radius 2 is 2.09 bits per heavy atom. The van der Waals surface area contributed by atoms with Crippen LogP contribution in [0.5, 0.6) is 0 Å². The van der Waals surface area contributed by atoms with Crippen LogP contribution in [-0.2, 0) is 4.79 Å². The van der Waals surface area contributed by atoms with Gasteiger partial charge in [0.05, 0.1) is 20.7 Å². The molecule has 1 aromatic heterocycles. The fraction of sp³-hybridized carbons (Fsp3) is 0.0714. The minimum absolute atomic E-state index is 0.106. The highest BCUT2D eigenvalue weighted by Gasteiger charge is 2.31. The van der Waals surface area contributed by atoms with Crippen LogP contribution in [0, 0.1) is 5.82 Å². The molecule has 0 radical (unpaired) electrons. The number of thioether (sulfide) groups is 1. The van der Waals surface area contributed by atoms with Crippen molar-refractivity contribution in [1.29, 1.82) is 0 Å². The quantitative estimate of drug-likeness (QED) is 0.844. The summed E-state index contributed by atoms with van der Waals surface area (Å²) in [6.07, 6.45) is 0. The van der Waals surface area contributed by atoms with Gasteiger partial charge in [-0.15, -0.1) is 16.4 Å². The van der Waals surface area contributed by atoms with Gasteiger partial charge in [-0.1, -0.05) is 35.5 Å². The van der Waals surface area contributed by atoms with Gasteiger partial charge in [0.15, 0.2) is 5.17 Å². The Balaban J connectivity index is 1.82. The van der Waals surface area contributed by atoms with Crippen LogP contribution in [-0.4, -0.2) is 22.7 Å². The fourth-order valence-corrected chi connectivity index (χ4v) is 3.66. The van der Waals surface area contributed by atoms with E-state index < -0.39 is 11.7 Å². The van der Waals surface area contributed by atoms with E-state index in [1.165, 1.54) is 18.2 Å². The second kappa shape index (κ2) is 6.69. The predicted molar refractivity (Wildman–Crippen MR) is 90.6 cm³/mol. The van der Waals surface area contributed by atoms with Crippen molar-refractivity contribution in [1.82, 2.24) is 5.43 Å². The van der Waals surface area contributed by atoms with Crippen molar-refractivity contribution in [2.24, 2.45) is 5.10 Å². The lowest BCUT2D eigenvalue weighted by atomic mass is 10.3. The lowest BCUT2D eigenvalue weighted by Gasteiger charge is -2.16. The first-order valence-electron chi connectivity index (χ1n) is 6.40. The number of hydrogen-bond donors (Lipinski definition) is 1. The van der Waals surface area contributed by atoms with E-state index in [4.69, 9.17) is 11.6 Å². The van der Waals surface area contributed by atoms with Crippen LogP contribution < -0.4 is 10.3 Å². The second-order valence-electron chi connectivity index (χ2n) is 4.41. The molecule has 0 spiro atoms. The number of para-hydroxylation sites is 1. The van der Waals surface area contributed by atoms with Crippen LogP contribution in [0.2, 0.25) is 4.34 Å². The molecule has 1 aliphatic rings. The van der Waals surface area contributed by atoms with Gasteiger partial charge in [0.25, 0.3) is 5.91 Å². The van der Waals surface area contributed by atoms with Crippen molar-refractivity contribution in [2.75, 3.05) is 10.7 Å². The Morgan fingerprint density at radius 3 is 2.78 bits per heavy atom. The van der Waals surface area contributed by atoms with E-state index >= 15 is 0 Å². The van der Waals surface area contributed by atoms with E-state index in [9.17, 15) is 14.0 Å². The highest BCUT2D eigenvalue weighted by atomic mass is 35.5. The van der Waals surface area contributed by atoms with Crippen molar-refractivity contribution in [3.05, 3.63) is 51.4 Å². The Labute approximate surface area is 144 Å². The lowest BCUT2D eigenvalue weighted by Crippen LogP contribution is -2.32. The normalized spacial score (nSPS) is 16.2. The topological polar surface area (TPSA) is 61.8 Å². The van der Waals surface area contributed by atoms with Crippen LogP contribution in [0.3, 0.4) is 0 Å². The first-order chi connectivity index (χ1) is 11.1. The average molecular weight is 370 g/mol. The largest absolute Gasteiger partial charge is 0.281 e. The van der Waals surface area contributed by atoms with Gasteiger partial charge in [0.1, 0.15) is 5.82 Å². The molecule has 9 heteroatoms.